The maximum atomic E-state index is 13.8. The van der Waals surface area contributed by atoms with Crippen LogP contribution in [0.4, 0.5) is 10.2 Å². The zero-order valence-corrected chi connectivity index (χ0v) is 9.65. The van der Waals surface area contributed by atoms with Crippen molar-refractivity contribution in [2.45, 2.75) is 31.5 Å². The molecule has 1 saturated heterocycles. The predicted molar refractivity (Wildman–Crippen MR) is 59.5 cm³/mol. The van der Waals surface area contributed by atoms with Crippen molar-refractivity contribution in [2.24, 2.45) is 0 Å². The van der Waals surface area contributed by atoms with Gasteiger partial charge in [-0.15, -0.1) is 0 Å². The average molecular weight is 259 g/mol. The summed E-state index contributed by atoms with van der Waals surface area (Å²) in [5, 5.41) is 18.4. The molecule has 2 rings (SSSR count). The molecule has 4 atom stereocenters. The van der Waals surface area contributed by atoms with Gasteiger partial charge in [-0.2, -0.15) is 4.98 Å². The van der Waals surface area contributed by atoms with Crippen molar-refractivity contribution in [2.75, 3.05) is 12.3 Å². The van der Waals surface area contributed by atoms with Crippen LogP contribution in [0.2, 0.25) is 0 Å². The third-order valence-electron chi connectivity index (χ3n) is 2.92. The van der Waals surface area contributed by atoms with Crippen molar-refractivity contribution >= 4 is 5.82 Å². The number of alkyl halides is 1. The lowest BCUT2D eigenvalue weighted by Crippen LogP contribution is -2.34. The maximum absolute atomic E-state index is 13.8. The first-order chi connectivity index (χ1) is 8.45. The molecule has 0 radical (unpaired) electrons. The zero-order chi connectivity index (χ0) is 13.4. The summed E-state index contributed by atoms with van der Waals surface area (Å²) in [6.45, 7) is 1.08. The average Bonchev–Trinajstić information content (AvgIpc) is 2.61. The van der Waals surface area contributed by atoms with E-state index in [4.69, 9.17) is 15.6 Å². The molecule has 100 valence electrons. The summed E-state index contributed by atoms with van der Waals surface area (Å²) in [6, 6.07) is 0. The fourth-order valence-corrected chi connectivity index (χ4v) is 1.84. The number of hydrogen-bond donors (Lipinski definition) is 3. The summed E-state index contributed by atoms with van der Waals surface area (Å²) < 4.78 is 19.8. The van der Waals surface area contributed by atoms with E-state index < -0.39 is 36.9 Å². The lowest BCUT2D eigenvalue weighted by Gasteiger charge is -2.16. The van der Waals surface area contributed by atoms with E-state index in [1.54, 1.807) is 6.92 Å². The third kappa shape index (κ3) is 1.98. The number of nitrogen functional groups attached to an aromatic ring is 1. The first kappa shape index (κ1) is 12.9. The number of rotatable bonds is 2. The van der Waals surface area contributed by atoms with E-state index in [0.717, 1.165) is 4.57 Å². The number of ether oxygens (including phenoxy) is 1. The van der Waals surface area contributed by atoms with Gasteiger partial charge in [0.1, 0.15) is 18.0 Å². The molecule has 0 aromatic carbocycles. The second kappa shape index (κ2) is 4.63. The molecule has 0 bridgehead atoms. The SMILES string of the molecule is Cc1cn([C@@H]2O[C@H](CO)[C@@H](O)[C@@H]2F)c(=O)nc1N. The summed E-state index contributed by atoms with van der Waals surface area (Å²) in [5.74, 6) is 0.0592. The predicted octanol–water partition coefficient (Wildman–Crippen LogP) is -1.28. The fraction of sp³-hybridized carbons (Fsp3) is 0.600. The first-order valence-corrected chi connectivity index (χ1v) is 5.39. The largest absolute Gasteiger partial charge is 0.394 e. The lowest BCUT2D eigenvalue weighted by atomic mass is 10.1. The van der Waals surface area contributed by atoms with Crippen molar-refractivity contribution in [3.05, 3.63) is 22.2 Å². The monoisotopic (exact) mass is 259 g/mol. The number of nitrogens with zero attached hydrogens (tertiary/aromatic N) is 2. The van der Waals surface area contributed by atoms with Gasteiger partial charge in [0.25, 0.3) is 0 Å². The van der Waals surface area contributed by atoms with E-state index >= 15 is 0 Å². The molecule has 0 aliphatic carbocycles. The van der Waals surface area contributed by atoms with Crippen LogP contribution in [0.5, 0.6) is 0 Å². The second-order valence-electron chi connectivity index (χ2n) is 4.18. The Hall–Kier alpha value is -1.51. The van der Waals surface area contributed by atoms with Crippen LogP contribution >= 0.6 is 0 Å². The lowest BCUT2D eigenvalue weighted by molar-refractivity contribution is -0.0491. The highest BCUT2D eigenvalue weighted by Gasteiger charge is 2.45. The van der Waals surface area contributed by atoms with Crippen LogP contribution in [0.1, 0.15) is 11.8 Å². The van der Waals surface area contributed by atoms with Crippen LogP contribution in [0.15, 0.2) is 11.0 Å². The highest BCUT2D eigenvalue weighted by Crippen LogP contribution is 2.30. The van der Waals surface area contributed by atoms with Gasteiger partial charge in [-0.05, 0) is 6.92 Å². The number of aliphatic hydroxyl groups excluding tert-OH is 2. The van der Waals surface area contributed by atoms with Crippen molar-refractivity contribution in [1.29, 1.82) is 0 Å². The van der Waals surface area contributed by atoms with Crippen molar-refractivity contribution in [3.8, 4) is 0 Å². The zero-order valence-electron chi connectivity index (χ0n) is 9.65. The van der Waals surface area contributed by atoms with Gasteiger partial charge in [0, 0.05) is 11.8 Å². The number of aromatic nitrogens is 2. The van der Waals surface area contributed by atoms with Gasteiger partial charge in [0.05, 0.1) is 6.61 Å². The van der Waals surface area contributed by atoms with Gasteiger partial charge in [0.2, 0.25) is 0 Å². The van der Waals surface area contributed by atoms with Crippen LogP contribution in [-0.4, -0.2) is 44.8 Å². The Kier molecular flexibility index (Phi) is 3.33. The molecule has 18 heavy (non-hydrogen) atoms. The highest BCUT2D eigenvalue weighted by molar-refractivity contribution is 5.35. The van der Waals surface area contributed by atoms with Gasteiger partial charge in [-0.3, -0.25) is 4.57 Å². The molecular formula is C10H14FN3O4. The molecule has 0 unspecified atom stereocenters. The van der Waals surface area contributed by atoms with E-state index in [0.29, 0.717) is 5.56 Å². The highest BCUT2D eigenvalue weighted by atomic mass is 19.1. The minimum Gasteiger partial charge on any atom is -0.394 e. The molecule has 7 nitrogen and oxygen atoms in total. The molecule has 1 fully saturated rings. The van der Waals surface area contributed by atoms with Crippen LogP contribution in [0.3, 0.4) is 0 Å². The van der Waals surface area contributed by atoms with E-state index in [9.17, 15) is 14.3 Å². The third-order valence-corrected chi connectivity index (χ3v) is 2.92. The molecule has 0 spiro atoms. The Labute approximate surface area is 102 Å². The van der Waals surface area contributed by atoms with Crippen LogP contribution in [0, 0.1) is 6.92 Å². The Morgan fingerprint density at radius 2 is 2.33 bits per heavy atom. The Morgan fingerprint density at radius 3 is 2.89 bits per heavy atom. The van der Waals surface area contributed by atoms with E-state index in [1.807, 2.05) is 0 Å². The molecule has 8 heteroatoms. The summed E-state index contributed by atoms with van der Waals surface area (Å²) >= 11 is 0. The molecule has 1 aromatic rings. The molecule has 1 aliphatic rings. The topological polar surface area (TPSA) is 111 Å². The molecule has 1 aliphatic heterocycles. The fourth-order valence-electron chi connectivity index (χ4n) is 1.84. The molecule has 2 heterocycles. The number of nitrogens with two attached hydrogens (primary N) is 1. The Balaban J connectivity index is 2.39. The Morgan fingerprint density at radius 1 is 1.67 bits per heavy atom. The molecular weight excluding hydrogens is 245 g/mol. The number of anilines is 1. The Bertz CT molecular complexity index is 506. The van der Waals surface area contributed by atoms with Gasteiger partial charge >= 0.3 is 5.69 Å². The van der Waals surface area contributed by atoms with Crippen molar-refractivity contribution < 1.29 is 19.3 Å². The van der Waals surface area contributed by atoms with Gasteiger partial charge in [-0.1, -0.05) is 0 Å². The standard InChI is InChI=1S/C10H14FN3O4/c1-4-2-14(10(17)13-8(4)12)9-6(11)7(16)5(3-15)18-9/h2,5-7,9,15-16H,3H2,1H3,(H2,12,13,17)/t5-,6+,7-,9-/m1/s1. The van der Waals surface area contributed by atoms with E-state index in [-0.39, 0.29) is 5.82 Å². The second-order valence-corrected chi connectivity index (χ2v) is 4.18. The van der Waals surface area contributed by atoms with E-state index in [1.165, 1.54) is 6.20 Å². The first-order valence-electron chi connectivity index (χ1n) is 5.39. The number of hydrogen-bond acceptors (Lipinski definition) is 6. The number of aliphatic hydroxyl groups is 2. The van der Waals surface area contributed by atoms with Crippen LogP contribution in [0.25, 0.3) is 0 Å². The van der Waals surface area contributed by atoms with E-state index in [2.05, 4.69) is 4.98 Å². The smallest absolute Gasteiger partial charge is 0.351 e. The number of halogens is 1. The summed E-state index contributed by atoms with van der Waals surface area (Å²) in [4.78, 5) is 15.1. The normalized spacial score (nSPS) is 31.8. The quantitative estimate of drug-likeness (QED) is 0.610. The molecule has 1 aromatic heterocycles. The molecule has 0 saturated carbocycles. The van der Waals surface area contributed by atoms with Crippen LogP contribution in [-0.2, 0) is 4.74 Å². The summed E-state index contributed by atoms with van der Waals surface area (Å²) in [6.07, 6.45) is -4.35. The van der Waals surface area contributed by atoms with Crippen molar-refractivity contribution in [1.82, 2.24) is 9.55 Å². The maximum Gasteiger partial charge on any atom is 0.351 e. The minimum atomic E-state index is -1.82. The number of aryl methyl sites for hydroxylation is 1. The van der Waals surface area contributed by atoms with Gasteiger partial charge in [-0.25, -0.2) is 9.18 Å². The summed E-state index contributed by atoms with van der Waals surface area (Å²) in [7, 11) is 0. The van der Waals surface area contributed by atoms with Gasteiger partial charge in [0.15, 0.2) is 12.4 Å². The summed E-state index contributed by atoms with van der Waals surface area (Å²) in [5.41, 5.74) is 5.18. The van der Waals surface area contributed by atoms with Crippen LogP contribution < -0.4 is 11.4 Å². The molecule has 4 N–H and O–H groups in total. The minimum absolute atomic E-state index is 0.0592. The van der Waals surface area contributed by atoms with Gasteiger partial charge < -0.3 is 20.7 Å². The van der Waals surface area contributed by atoms with Crippen molar-refractivity contribution in [3.63, 3.8) is 0 Å². The molecule has 0 amide bonds.